The summed E-state index contributed by atoms with van der Waals surface area (Å²) in [5, 5.41) is 5.61. The molecule has 0 radical (unpaired) electrons. The maximum absolute atomic E-state index is 12.8. The summed E-state index contributed by atoms with van der Waals surface area (Å²) in [6, 6.07) is 8.36. The highest BCUT2D eigenvalue weighted by Gasteiger charge is 2.36. The monoisotopic (exact) mass is 379 g/mol. The minimum absolute atomic E-state index is 0.0473. The van der Waals surface area contributed by atoms with E-state index in [1.807, 2.05) is 11.4 Å². The molecule has 1 amide bonds. The highest BCUT2D eigenvalue weighted by atomic mass is 32.1. The molecule has 0 aliphatic carbocycles. The van der Waals surface area contributed by atoms with Crippen molar-refractivity contribution in [2.45, 2.75) is 12.1 Å². The number of rotatable bonds is 3. The first-order valence-electron chi connectivity index (χ1n) is 7.76. The minimum Gasteiger partial charge on any atom is -0.339 e. The molecular formula is C17H12F3N3O2S. The summed E-state index contributed by atoms with van der Waals surface area (Å²) >= 11 is 1.38. The van der Waals surface area contributed by atoms with Gasteiger partial charge in [-0.25, -0.2) is 0 Å². The van der Waals surface area contributed by atoms with Crippen LogP contribution in [0.3, 0.4) is 0 Å². The van der Waals surface area contributed by atoms with Crippen LogP contribution < -0.4 is 0 Å². The van der Waals surface area contributed by atoms with E-state index in [1.165, 1.54) is 23.5 Å². The fourth-order valence-electron chi connectivity index (χ4n) is 2.71. The number of amides is 1. The zero-order valence-electron chi connectivity index (χ0n) is 13.2. The number of aromatic nitrogens is 2. The molecule has 0 bridgehead atoms. The molecule has 134 valence electrons. The molecule has 1 saturated heterocycles. The van der Waals surface area contributed by atoms with Gasteiger partial charge in [-0.1, -0.05) is 23.4 Å². The molecule has 3 heterocycles. The Morgan fingerprint density at radius 1 is 1.23 bits per heavy atom. The van der Waals surface area contributed by atoms with Gasteiger partial charge in [0.2, 0.25) is 11.7 Å². The SMILES string of the molecule is O=C(c1cccs1)N1CC(c2nc(-c3cccc(C(F)(F)F)c3)no2)C1. The highest BCUT2D eigenvalue weighted by Crippen LogP contribution is 2.33. The van der Waals surface area contributed by atoms with Gasteiger partial charge in [0.25, 0.3) is 5.91 Å². The van der Waals surface area contributed by atoms with Crippen molar-refractivity contribution in [2.24, 2.45) is 0 Å². The summed E-state index contributed by atoms with van der Waals surface area (Å²) in [4.78, 5) is 18.7. The van der Waals surface area contributed by atoms with Crippen LogP contribution in [0.4, 0.5) is 13.2 Å². The third-order valence-corrected chi connectivity index (χ3v) is 5.00. The number of hydrogen-bond acceptors (Lipinski definition) is 5. The Labute approximate surface area is 150 Å². The third kappa shape index (κ3) is 3.10. The van der Waals surface area contributed by atoms with Crippen molar-refractivity contribution in [3.05, 3.63) is 58.1 Å². The summed E-state index contributed by atoms with van der Waals surface area (Å²) in [6.07, 6.45) is -4.43. The zero-order chi connectivity index (χ0) is 18.3. The molecule has 1 fully saturated rings. The molecule has 2 aromatic heterocycles. The van der Waals surface area contributed by atoms with E-state index in [9.17, 15) is 18.0 Å². The number of nitrogens with zero attached hydrogens (tertiary/aromatic N) is 3. The number of hydrogen-bond donors (Lipinski definition) is 0. The molecule has 9 heteroatoms. The van der Waals surface area contributed by atoms with Crippen molar-refractivity contribution >= 4 is 17.2 Å². The average Bonchev–Trinajstić information content (AvgIpc) is 3.25. The summed E-state index contributed by atoms with van der Waals surface area (Å²) in [6.45, 7) is 0.891. The van der Waals surface area contributed by atoms with Gasteiger partial charge in [-0.05, 0) is 23.6 Å². The molecule has 1 aliphatic heterocycles. The fourth-order valence-corrected chi connectivity index (χ4v) is 3.40. The Bertz CT molecular complexity index is 931. The van der Waals surface area contributed by atoms with Crippen LogP contribution in [0.25, 0.3) is 11.4 Å². The van der Waals surface area contributed by atoms with E-state index in [-0.39, 0.29) is 23.2 Å². The Balaban J connectivity index is 1.46. The number of benzene rings is 1. The molecule has 0 saturated carbocycles. The lowest BCUT2D eigenvalue weighted by Gasteiger charge is -2.36. The van der Waals surface area contributed by atoms with Crippen LogP contribution in [0.1, 0.15) is 27.0 Å². The molecule has 0 spiro atoms. The number of alkyl halides is 3. The van der Waals surface area contributed by atoms with E-state index in [1.54, 1.807) is 11.0 Å². The normalized spacial score (nSPS) is 15.1. The van der Waals surface area contributed by atoms with Crippen molar-refractivity contribution in [2.75, 3.05) is 13.1 Å². The van der Waals surface area contributed by atoms with Gasteiger partial charge in [-0.15, -0.1) is 11.3 Å². The van der Waals surface area contributed by atoms with Crippen LogP contribution in [0.15, 0.2) is 46.3 Å². The number of carbonyl (C=O) groups is 1. The number of halogens is 3. The first-order valence-corrected chi connectivity index (χ1v) is 8.64. The summed E-state index contributed by atoms with van der Waals surface area (Å²) < 4.78 is 43.6. The number of likely N-dealkylation sites (tertiary alicyclic amines) is 1. The van der Waals surface area contributed by atoms with E-state index < -0.39 is 11.7 Å². The van der Waals surface area contributed by atoms with Crippen LogP contribution in [0, 0.1) is 0 Å². The predicted molar refractivity (Wildman–Crippen MR) is 87.7 cm³/mol. The highest BCUT2D eigenvalue weighted by molar-refractivity contribution is 7.12. The molecular weight excluding hydrogens is 367 g/mol. The average molecular weight is 379 g/mol. The first-order chi connectivity index (χ1) is 12.4. The molecule has 4 rings (SSSR count). The second-order valence-corrected chi connectivity index (χ2v) is 6.87. The summed E-state index contributed by atoms with van der Waals surface area (Å²) in [5.74, 6) is 0.279. The fraction of sp³-hybridized carbons (Fsp3) is 0.235. The lowest BCUT2D eigenvalue weighted by atomic mass is 10.00. The van der Waals surface area contributed by atoms with Gasteiger partial charge in [-0.2, -0.15) is 18.2 Å². The topological polar surface area (TPSA) is 59.2 Å². The molecule has 0 unspecified atom stereocenters. The smallest absolute Gasteiger partial charge is 0.339 e. The van der Waals surface area contributed by atoms with Crippen molar-refractivity contribution in [3.8, 4) is 11.4 Å². The van der Waals surface area contributed by atoms with Crippen molar-refractivity contribution in [1.82, 2.24) is 15.0 Å². The van der Waals surface area contributed by atoms with E-state index in [0.29, 0.717) is 23.9 Å². The first kappa shape index (κ1) is 16.8. The summed E-state index contributed by atoms with van der Waals surface area (Å²) in [5.41, 5.74) is -0.529. The molecule has 0 N–H and O–H groups in total. The molecule has 26 heavy (non-hydrogen) atoms. The maximum Gasteiger partial charge on any atom is 0.416 e. The van der Waals surface area contributed by atoms with E-state index in [4.69, 9.17) is 4.52 Å². The maximum atomic E-state index is 12.8. The van der Waals surface area contributed by atoms with Crippen LogP contribution >= 0.6 is 11.3 Å². The van der Waals surface area contributed by atoms with Gasteiger partial charge >= 0.3 is 6.18 Å². The molecule has 0 atom stereocenters. The molecule has 3 aromatic rings. The Morgan fingerprint density at radius 3 is 2.73 bits per heavy atom. The van der Waals surface area contributed by atoms with E-state index in [0.717, 1.165) is 12.1 Å². The van der Waals surface area contributed by atoms with Crippen LogP contribution in [-0.2, 0) is 6.18 Å². The van der Waals surface area contributed by atoms with E-state index >= 15 is 0 Å². The van der Waals surface area contributed by atoms with Gasteiger partial charge in [0.15, 0.2) is 0 Å². The molecule has 1 aliphatic rings. The van der Waals surface area contributed by atoms with Gasteiger partial charge < -0.3 is 9.42 Å². The van der Waals surface area contributed by atoms with Crippen molar-refractivity contribution < 1.29 is 22.5 Å². The van der Waals surface area contributed by atoms with Gasteiger partial charge in [0.05, 0.1) is 16.4 Å². The van der Waals surface area contributed by atoms with Gasteiger partial charge in [-0.3, -0.25) is 4.79 Å². The minimum atomic E-state index is -4.43. The van der Waals surface area contributed by atoms with Gasteiger partial charge in [0, 0.05) is 18.7 Å². The number of thiophene rings is 1. The second kappa shape index (κ2) is 6.24. The molecule has 1 aromatic carbocycles. The second-order valence-electron chi connectivity index (χ2n) is 5.92. The van der Waals surface area contributed by atoms with Crippen molar-refractivity contribution in [1.29, 1.82) is 0 Å². The lowest BCUT2D eigenvalue weighted by molar-refractivity contribution is -0.137. The summed E-state index contributed by atoms with van der Waals surface area (Å²) in [7, 11) is 0. The van der Waals surface area contributed by atoms with Gasteiger partial charge in [0.1, 0.15) is 0 Å². The van der Waals surface area contributed by atoms with E-state index in [2.05, 4.69) is 10.1 Å². The Kier molecular flexibility index (Phi) is 4.03. The predicted octanol–water partition coefficient (Wildman–Crippen LogP) is 4.06. The standard InChI is InChI=1S/C17H12F3N3O2S/c18-17(19,20)12-4-1-3-10(7-12)14-21-15(25-22-14)11-8-23(9-11)16(24)13-5-2-6-26-13/h1-7,11H,8-9H2. The number of carbonyl (C=O) groups excluding carboxylic acids is 1. The largest absolute Gasteiger partial charge is 0.416 e. The van der Waals surface area contributed by atoms with Crippen LogP contribution in [0.5, 0.6) is 0 Å². The zero-order valence-corrected chi connectivity index (χ0v) is 14.0. The Hall–Kier alpha value is -2.68. The Morgan fingerprint density at radius 2 is 2.04 bits per heavy atom. The van der Waals surface area contributed by atoms with Crippen LogP contribution in [0.2, 0.25) is 0 Å². The quantitative estimate of drug-likeness (QED) is 0.689. The third-order valence-electron chi connectivity index (χ3n) is 4.14. The van der Waals surface area contributed by atoms with Crippen molar-refractivity contribution in [3.63, 3.8) is 0 Å². The van der Waals surface area contributed by atoms with Crippen LogP contribution in [-0.4, -0.2) is 34.0 Å². The molecule has 5 nitrogen and oxygen atoms in total. The lowest BCUT2D eigenvalue weighted by Crippen LogP contribution is -2.48.